The molecule has 1 fully saturated rings. The zero-order valence-corrected chi connectivity index (χ0v) is 17.2. The molecule has 0 spiro atoms. The number of pyridine rings is 1. The Balaban J connectivity index is 1.45. The third-order valence-corrected chi connectivity index (χ3v) is 6.16. The molecule has 1 aliphatic rings. The van der Waals surface area contributed by atoms with Crippen molar-refractivity contribution in [3.8, 4) is 11.8 Å². The van der Waals surface area contributed by atoms with E-state index >= 15 is 0 Å². The number of sulfonamides is 1. The minimum Gasteiger partial charge on any atom is -0.336 e. The number of amides is 2. The number of carbonyl (C=O) groups is 1. The van der Waals surface area contributed by atoms with Gasteiger partial charge in [0.25, 0.3) is 0 Å². The molecule has 1 saturated heterocycles. The molecular formula is C22H20N4O3S. The average Bonchev–Trinajstić information content (AvgIpc) is 3.17. The lowest BCUT2D eigenvalue weighted by molar-refractivity contribution is 0.252. The van der Waals surface area contributed by atoms with Gasteiger partial charge in [-0.05, 0) is 43.3 Å². The third-order valence-electron chi connectivity index (χ3n) is 4.73. The number of para-hydroxylation sites is 1. The van der Waals surface area contributed by atoms with E-state index in [1.54, 1.807) is 23.1 Å². The van der Waals surface area contributed by atoms with Gasteiger partial charge in [0, 0.05) is 35.4 Å². The minimum absolute atomic E-state index is 0.0270. The van der Waals surface area contributed by atoms with Gasteiger partial charge in [-0.1, -0.05) is 30.0 Å². The lowest BCUT2D eigenvalue weighted by Gasteiger charge is -2.13. The molecule has 1 aliphatic heterocycles. The summed E-state index contributed by atoms with van der Waals surface area (Å²) in [4.78, 5) is 17.9. The van der Waals surface area contributed by atoms with Crippen molar-refractivity contribution in [2.75, 3.05) is 24.5 Å². The second-order valence-corrected chi connectivity index (χ2v) is 8.57. The summed E-state index contributed by atoms with van der Waals surface area (Å²) in [5.41, 5.74) is 2.73. The number of anilines is 1. The maximum Gasteiger partial charge on any atom is 0.321 e. The first-order valence-electron chi connectivity index (χ1n) is 9.44. The average molecular weight is 420 g/mol. The van der Waals surface area contributed by atoms with Gasteiger partial charge < -0.3 is 5.32 Å². The molecule has 0 aliphatic carbocycles. The lowest BCUT2D eigenvalue weighted by atomic mass is 10.2. The van der Waals surface area contributed by atoms with Gasteiger partial charge in [-0.3, -0.25) is 9.88 Å². The second-order valence-electron chi connectivity index (χ2n) is 6.84. The molecule has 1 aromatic heterocycles. The lowest BCUT2D eigenvalue weighted by Crippen LogP contribution is -2.27. The largest absolute Gasteiger partial charge is 0.336 e. The number of nitrogens with one attached hydrogen (secondary N) is 2. The second kappa shape index (κ2) is 8.14. The fraction of sp³-hybridized carbons (Fsp3) is 0.182. The number of fused-ring (bicyclic) bond motifs is 1. The zero-order chi connectivity index (χ0) is 21.1. The highest BCUT2D eigenvalue weighted by atomic mass is 32.2. The molecule has 0 radical (unpaired) electrons. The predicted octanol–water partition coefficient (Wildman–Crippen LogP) is 2.40. The van der Waals surface area contributed by atoms with E-state index in [4.69, 9.17) is 0 Å². The summed E-state index contributed by atoms with van der Waals surface area (Å²) < 4.78 is 28.0. The van der Waals surface area contributed by atoms with Crippen molar-refractivity contribution < 1.29 is 13.2 Å². The summed E-state index contributed by atoms with van der Waals surface area (Å²) in [6, 6.07) is 15.9. The van der Waals surface area contributed by atoms with Crippen LogP contribution in [-0.4, -0.2) is 39.1 Å². The van der Waals surface area contributed by atoms with Gasteiger partial charge in [0.15, 0.2) is 0 Å². The number of carbonyl (C=O) groups excluding carboxylic acids is 1. The molecule has 152 valence electrons. The van der Waals surface area contributed by atoms with E-state index in [9.17, 15) is 13.2 Å². The fourth-order valence-electron chi connectivity index (χ4n) is 3.23. The summed E-state index contributed by atoms with van der Waals surface area (Å²) in [5.74, 6) is 5.76. The maximum absolute atomic E-state index is 12.7. The molecule has 3 aromatic rings. The Hall–Kier alpha value is -3.41. The van der Waals surface area contributed by atoms with Crippen molar-refractivity contribution in [3.05, 3.63) is 65.9 Å². The summed E-state index contributed by atoms with van der Waals surface area (Å²) in [6.45, 7) is 3.06. The van der Waals surface area contributed by atoms with Crippen molar-refractivity contribution >= 4 is 32.6 Å². The number of benzene rings is 2. The van der Waals surface area contributed by atoms with Crippen molar-refractivity contribution in [2.45, 2.75) is 11.8 Å². The van der Waals surface area contributed by atoms with Crippen LogP contribution in [-0.2, 0) is 10.0 Å². The molecule has 2 heterocycles. The zero-order valence-electron chi connectivity index (χ0n) is 16.3. The van der Waals surface area contributed by atoms with Crippen LogP contribution in [0, 0.1) is 18.8 Å². The van der Waals surface area contributed by atoms with Gasteiger partial charge in [-0.15, -0.1) is 0 Å². The van der Waals surface area contributed by atoms with E-state index < -0.39 is 10.0 Å². The van der Waals surface area contributed by atoms with Crippen molar-refractivity contribution in [3.63, 3.8) is 0 Å². The summed E-state index contributed by atoms with van der Waals surface area (Å²) in [6.07, 6.45) is 0. The normalized spacial score (nSPS) is 13.8. The van der Waals surface area contributed by atoms with Crippen LogP contribution in [0.3, 0.4) is 0 Å². The SMILES string of the molecule is Cc1ccc2cccc(S(=O)(=O)NCC#Cc3ccc(N4CCNC4=O)cc3)c2n1. The number of aromatic nitrogens is 1. The first-order chi connectivity index (χ1) is 14.4. The molecule has 0 unspecified atom stereocenters. The van der Waals surface area contributed by atoms with Gasteiger partial charge in [-0.25, -0.2) is 13.2 Å². The van der Waals surface area contributed by atoms with E-state index in [0.29, 0.717) is 18.6 Å². The van der Waals surface area contributed by atoms with Crippen LogP contribution in [0.1, 0.15) is 11.3 Å². The Morgan fingerprint density at radius 1 is 1.13 bits per heavy atom. The monoisotopic (exact) mass is 420 g/mol. The number of hydrogen-bond acceptors (Lipinski definition) is 4. The van der Waals surface area contributed by atoms with E-state index in [1.807, 2.05) is 37.3 Å². The van der Waals surface area contributed by atoms with Crippen LogP contribution in [0.4, 0.5) is 10.5 Å². The summed E-state index contributed by atoms with van der Waals surface area (Å²) >= 11 is 0. The van der Waals surface area contributed by atoms with Crippen molar-refractivity contribution in [2.24, 2.45) is 0 Å². The van der Waals surface area contributed by atoms with E-state index in [2.05, 4.69) is 26.9 Å². The number of urea groups is 1. The number of hydrogen-bond donors (Lipinski definition) is 2. The first kappa shape index (κ1) is 19.9. The highest BCUT2D eigenvalue weighted by Gasteiger charge is 2.20. The van der Waals surface area contributed by atoms with Crippen LogP contribution < -0.4 is 14.9 Å². The van der Waals surface area contributed by atoms with Gasteiger partial charge in [0.05, 0.1) is 12.1 Å². The van der Waals surface area contributed by atoms with Crippen LogP contribution in [0.15, 0.2) is 59.5 Å². The van der Waals surface area contributed by atoms with Crippen LogP contribution in [0.2, 0.25) is 0 Å². The Morgan fingerprint density at radius 3 is 2.67 bits per heavy atom. The van der Waals surface area contributed by atoms with Gasteiger partial charge in [-0.2, -0.15) is 4.72 Å². The molecule has 0 saturated carbocycles. The van der Waals surface area contributed by atoms with Gasteiger partial charge >= 0.3 is 6.03 Å². The molecule has 2 amide bonds. The van der Waals surface area contributed by atoms with E-state index in [0.717, 1.165) is 22.3 Å². The molecular weight excluding hydrogens is 400 g/mol. The molecule has 2 aromatic carbocycles. The Kier molecular flexibility index (Phi) is 5.40. The molecule has 0 atom stereocenters. The van der Waals surface area contributed by atoms with Crippen LogP contribution in [0.5, 0.6) is 0 Å². The smallest absolute Gasteiger partial charge is 0.321 e. The molecule has 7 nitrogen and oxygen atoms in total. The fourth-order valence-corrected chi connectivity index (χ4v) is 4.33. The highest BCUT2D eigenvalue weighted by molar-refractivity contribution is 7.89. The number of nitrogens with zero attached hydrogens (tertiary/aromatic N) is 2. The van der Waals surface area contributed by atoms with Gasteiger partial charge in [0.2, 0.25) is 10.0 Å². The van der Waals surface area contributed by atoms with Crippen molar-refractivity contribution in [1.82, 2.24) is 15.0 Å². The Bertz CT molecular complexity index is 1280. The topological polar surface area (TPSA) is 91.4 Å². The molecule has 2 N–H and O–H groups in total. The first-order valence-corrected chi connectivity index (χ1v) is 10.9. The highest BCUT2D eigenvalue weighted by Crippen LogP contribution is 2.21. The summed E-state index contributed by atoms with van der Waals surface area (Å²) in [7, 11) is -3.75. The van der Waals surface area contributed by atoms with Crippen LogP contribution in [0.25, 0.3) is 10.9 Å². The molecule has 30 heavy (non-hydrogen) atoms. The number of rotatable bonds is 4. The van der Waals surface area contributed by atoms with Crippen molar-refractivity contribution in [1.29, 1.82) is 0 Å². The van der Waals surface area contributed by atoms with E-state index in [-0.39, 0.29) is 17.5 Å². The maximum atomic E-state index is 12.7. The standard InChI is InChI=1S/C22H20N4O3S/c1-16-7-10-18-5-2-6-20(21(18)25-16)30(28,29)24-13-3-4-17-8-11-19(12-9-17)26-15-14-23-22(26)27/h2,5-12,24H,13-15H2,1H3,(H,23,27). The molecule has 4 rings (SSSR count). The predicted molar refractivity (Wildman–Crippen MR) is 116 cm³/mol. The molecule has 8 heteroatoms. The van der Waals surface area contributed by atoms with E-state index in [1.165, 1.54) is 6.07 Å². The Labute approximate surface area is 175 Å². The minimum atomic E-state index is -3.75. The number of aryl methyl sites for hydroxylation is 1. The molecule has 0 bridgehead atoms. The third kappa shape index (κ3) is 4.13. The van der Waals surface area contributed by atoms with Crippen LogP contribution >= 0.6 is 0 Å². The van der Waals surface area contributed by atoms with Gasteiger partial charge in [0.1, 0.15) is 4.90 Å². The summed E-state index contributed by atoms with van der Waals surface area (Å²) in [5, 5.41) is 3.52. The quantitative estimate of drug-likeness (QED) is 0.634. The Morgan fingerprint density at radius 2 is 1.93 bits per heavy atom.